The van der Waals surface area contributed by atoms with Crippen LogP contribution in [0.2, 0.25) is 5.15 Å². The fourth-order valence-electron chi connectivity index (χ4n) is 2.31. The number of carbonyl (C=O) groups excluding carboxylic acids is 2. The largest absolute Gasteiger partial charge is 0.482 e. The first-order chi connectivity index (χ1) is 13.1. The number of pyridine rings is 1. The Kier molecular flexibility index (Phi) is 5.73. The van der Waals surface area contributed by atoms with Gasteiger partial charge < -0.3 is 14.8 Å². The molecule has 0 bridgehead atoms. The van der Waals surface area contributed by atoms with Crippen LogP contribution in [0.5, 0.6) is 5.75 Å². The lowest BCUT2D eigenvalue weighted by atomic mass is 10.3. The summed E-state index contributed by atoms with van der Waals surface area (Å²) in [5.41, 5.74) is 1.90. The number of amides is 1. The van der Waals surface area contributed by atoms with E-state index in [-0.39, 0.29) is 12.5 Å². The third-order valence-corrected chi connectivity index (χ3v) is 3.90. The quantitative estimate of drug-likeness (QED) is 0.520. The summed E-state index contributed by atoms with van der Waals surface area (Å²) in [6, 6.07) is 12.2. The number of carbonyl (C=O) groups is 2. The molecule has 0 fully saturated rings. The number of nitrogens with zero attached hydrogens (tertiary/aromatic N) is 2. The van der Waals surface area contributed by atoms with Crippen LogP contribution in [-0.2, 0) is 14.3 Å². The maximum Gasteiger partial charge on any atom is 0.343 e. The van der Waals surface area contributed by atoms with Crippen molar-refractivity contribution in [3.63, 3.8) is 0 Å². The molecule has 1 aromatic carbocycles. The number of rotatable bonds is 6. The molecule has 0 aliphatic carbocycles. The first kappa shape index (κ1) is 18.5. The molecule has 2 aromatic heterocycles. The number of esters is 1. The average molecular weight is 386 g/mol. The van der Waals surface area contributed by atoms with Crippen molar-refractivity contribution in [3.8, 4) is 5.75 Å². The zero-order chi connectivity index (χ0) is 19.2. The normalized spacial score (nSPS) is 10.9. The Balaban J connectivity index is 1.62. The first-order valence-corrected chi connectivity index (χ1v) is 8.36. The molecule has 3 aromatic rings. The third kappa shape index (κ3) is 4.65. The molecule has 8 heteroatoms. The van der Waals surface area contributed by atoms with Gasteiger partial charge in [0.1, 0.15) is 11.4 Å². The molecule has 1 N–H and O–H groups in total. The molecule has 0 saturated carbocycles. The number of hydrogen-bond acceptors (Lipinski definition) is 5. The Hall–Kier alpha value is -3.32. The highest BCUT2D eigenvalue weighted by Gasteiger charge is 2.07. The smallest absolute Gasteiger partial charge is 0.343 e. The van der Waals surface area contributed by atoms with Crippen molar-refractivity contribution in [2.75, 3.05) is 19.0 Å². The minimum Gasteiger partial charge on any atom is -0.482 e. The number of benzene rings is 1. The molecule has 27 heavy (non-hydrogen) atoms. The van der Waals surface area contributed by atoms with Gasteiger partial charge in [-0.2, -0.15) is 0 Å². The van der Waals surface area contributed by atoms with Crippen LogP contribution < -0.4 is 10.1 Å². The van der Waals surface area contributed by atoms with Gasteiger partial charge >= 0.3 is 5.97 Å². The second-order valence-electron chi connectivity index (χ2n) is 5.43. The second kappa shape index (κ2) is 8.37. The lowest BCUT2D eigenvalue weighted by molar-refractivity contribution is -0.142. The maximum atomic E-state index is 12.1. The number of imidazole rings is 1. The summed E-state index contributed by atoms with van der Waals surface area (Å²) in [6.45, 7) is -0.176. The molecule has 0 aliphatic rings. The highest BCUT2D eigenvalue weighted by atomic mass is 35.5. The van der Waals surface area contributed by atoms with E-state index >= 15 is 0 Å². The molecule has 7 nitrogen and oxygen atoms in total. The van der Waals surface area contributed by atoms with E-state index in [9.17, 15) is 9.59 Å². The van der Waals surface area contributed by atoms with Gasteiger partial charge in [0.05, 0.1) is 12.8 Å². The summed E-state index contributed by atoms with van der Waals surface area (Å²) in [7, 11) is 1.29. The molecule has 0 aliphatic heterocycles. The van der Waals surface area contributed by atoms with Crippen LogP contribution in [0.25, 0.3) is 11.7 Å². The molecule has 1 amide bonds. The van der Waals surface area contributed by atoms with E-state index in [2.05, 4.69) is 15.0 Å². The Morgan fingerprint density at radius 1 is 1.22 bits per heavy atom. The van der Waals surface area contributed by atoms with Crippen molar-refractivity contribution >= 4 is 40.9 Å². The third-order valence-electron chi connectivity index (χ3n) is 3.62. The summed E-state index contributed by atoms with van der Waals surface area (Å²) in [4.78, 5) is 27.4. The van der Waals surface area contributed by atoms with E-state index in [1.165, 1.54) is 13.2 Å². The fourth-order valence-corrected chi connectivity index (χ4v) is 2.55. The lowest BCUT2D eigenvalue weighted by Gasteiger charge is -2.06. The van der Waals surface area contributed by atoms with Gasteiger partial charge in [-0.1, -0.05) is 17.7 Å². The molecule has 3 rings (SSSR count). The highest BCUT2D eigenvalue weighted by Crippen LogP contribution is 2.19. The number of hydrogen-bond donors (Lipinski definition) is 1. The van der Waals surface area contributed by atoms with Crippen LogP contribution in [0.4, 0.5) is 5.69 Å². The Morgan fingerprint density at radius 2 is 2.00 bits per heavy atom. The molecule has 138 valence electrons. The summed E-state index contributed by atoms with van der Waals surface area (Å²) in [5, 5.41) is 3.05. The monoisotopic (exact) mass is 385 g/mol. The number of anilines is 1. The van der Waals surface area contributed by atoms with E-state index in [4.69, 9.17) is 16.3 Å². The predicted octanol–water partition coefficient (Wildman–Crippen LogP) is 3.19. The van der Waals surface area contributed by atoms with Crippen molar-refractivity contribution in [1.82, 2.24) is 9.38 Å². The number of methoxy groups -OCH3 is 1. The minimum absolute atomic E-state index is 0.176. The van der Waals surface area contributed by atoms with E-state index in [0.717, 1.165) is 0 Å². The second-order valence-corrected chi connectivity index (χ2v) is 5.79. The molecular formula is C19H16ClN3O4. The van der Waals surface area contributed by atoms with Gasteiger partial charge in [0, 0.05) is 18.0 Å². The number of aromatic nitrogens is 2. The summed E-state index contributed by atoms with van der Waals surface area (Å²) in [6.07, 6.45) is 4.80. The van der Waals surface area contributed by atoms with Crippen molar-refractivity contribution in [3.05, 3.63) is 65.6 Å². The maximum absolute atomic E-state index is 12.1. The van der Waals surface area contributed by atoms with Crippen molar-refractivity contribution in [1.29, 1.82) is 0 Å². The molecule has 0 saturated heterocycles. The summed E-state index contributed by atoms with van der Waals surface area (Å²) < 4.78 is 11.5. The van der Waals surface area contributed by atoms with Gasteiger partial charge in [0.15, 0.2) is 11.8 Å². The Morgan fingerprint density at radius 3 is 2.74 bits per heavy atom. The molecular weight excluding hydrogens is 370 g/mol. The van der Waals surface area contributed by atoms with Crippen LogP contribution in [0.3, 0.4) is 0 Å². The predicted molar refractivity (Wildman–Crippen MR) is 102 cm³/mol. The number of halogens is 1. The van der Waals surface area contributed by atoms with E-state index in [1.54, 1.807) is 34.7 Å². The summed E-state index contributed by atoms with van der Waals surface area (Å²) >= 11 is 6.13. The topological polar surface area (TPSA) is 81.9 Å². The van der Waals surface area contributed by atoms with E-state index < -0.39 is 5.97 Å². The molecule has 0 unspecified atom stereocenters. The number of ether oxygens (including phenoxy) is 2. The van der Waals surface area contributed by atoms with Crippen LogP contribution in [0.15, 0.2) is 54.7 Å². The van der Waals surface area contributed by atoms with Gasteiger partial charge in [0.25, 0.3) is 0 Å². The molecule has 0 atom stereocenters. The lowest BCUT2D eigenvalue weighted by Crippen LogP contribution is -2.12. The van der Waals surface area contributed by atoms with Gasteiger partial charge in [-0.05, 0) is 42.5 Å². The molecule has 2 heterocycles. The first-order valence-electron chi connectivity index (χ1n) is 7.98. The van der Waals surface area contributed by atoms with Gasteiger partial charge in [-0.15, -0.1) is 0 Å². The van der Waals surface area contributed by atoms with Crippen LogP contribution in [0, 0.1) is 0 Å². The fraction of sp³-hybridized carbons (Fsp3) is 0.105. The van der Waals surface area contributed by atoms with Crippen molar-refractivity contribution < 1.29 is 19.1 Å². The SMILES string of the molecule is COC(=O)COc1ccc(NC(=O)/C=C/c2c(Cl)nc3ccccn23)cc1. The number of nitrogens with one attached hydrogen (secondary N) is 1. The van der Waals surface area contributed by atoms with Gasteiger partial charge in [-0.3, -0.25) is 9.20 Å². The standard InChI is InChI=1S/C19H16ClN3O4/c1-26-18(25)12-27-14-7-5-13(6-8-14)21-17(24)10-9-15-19(20)22-16-4-2-3-11-23(15)16/h2-11H,12H2,1H3,(H,21,24)/b10-9+. The van der Waals surface area contributed by atoms with Crippen LogP contribution in [0.1, 0.15) is 5.69 Å². The number of fused-ring (bicyclic) bond motifs is 1. The van der Waals surface area contributed by atoms with Crippen molar-refractivity contribution in [2.24, 2.45) is 0 Å². The summed E-state index contributed by atoms with van der Waals surface area (Å²) in [5.74, 6) is -0.296. The van der Waals surface area contributed by atoms with Gasteiger partial charge in [-0.25, -0.2) is 9.78 Å². The zero-order valence-electron chi connectivity index (χ0n) is 14.4. The molecule has 0 spiro atoms. The van der Waals surface area contributed by atoms with Crippen molar-refractivity contribution in [2.45, 2.75) is 0 Å². The van der Waals surface area contributed by atoms with Gasteiger partial charge in [0.2, 0.25) is 5.91 Å². The average Bonchev–Trinajstić information content (AvgIpc) is 3.00. The Labute approximate surface area is 160 Å². The van der Waals surface area contributed by atoms with E-state index in [1.807, 2.05) is 24.4 Å². The van der Waals surface area contributed by atoms with Crippen LogP contribution >= 0.6 is 11.6 Å². The minimum atomic E-state index is -0.469. The zero-order valence-corrected chi connectivity index (χ0v) is 15.1. The highest BCUT2D eigenvalue weighted by molar-refractivity contribution is 6.31. The Bertz CT molecular complexity index is 996. The van der Waals surface area contributed by atoms with E-state index in [0.29, 0.717) is 27.9 Å². The molecule has 0 radical (unpaired) electrons. The van der Waals surface area contributed by atoms with Crippen LogP contribution in [-0.4, -0.2) is 35.0 Å².